The monoisotopic (exact) mass is 263 g/mol. The van der Waals surface area contributed by atoms with E-state index in [-0.39, 0.29) is 6.04 Å². The molecule has 5 heteroatoms. The third kappa shape index (κ3) is 2.37. The van der Waals surface area contributed by atoms with E-state index in [2.05, 4.69) is 33.1 Å². The number of hydrogen-bond donors (Lipinski definition) is 1. The van der Waals surface area contributed by atoms with Crippen LogP contribution in [-0.2, 0) is 0 Å². The van der Waals surface area contributed by atoms with Gasteiger partial charge in [0.05, 0.1) is 36.8 Å². The predicted octanol–water partition coefficient (Wildman–Crippen LogP) is 2.47. The normalized spacial score (nSPS) is 12.4. The third-order valence-electron chi connectivity index (χ3n) is 3.06. The summed E-state index contributed by atoms with van der Waals surface area (Å²) in [5.74, 6) is 0.919. The van der Waals surface area contributed by atoms with Crippen LogP contribution in [0.15, 0.2) is 18.3 Å². The molecule has 96 valence electrons. The van der Waals surface area contributed by atoms with Crippen LogP contribution in [0.25, 0.3) is 0 Å². The van der Waals surface area contributed by atoms with Crippen molar-refractivity contribution >= 4 is 11.7 Å². The van der Waals surface area contributed by atoms with Gasteiger partial charge in [-0.3, -0.25) is 0 Å². The van der Waals surface area contributed by atoms with Crippen LogP contribution >= 0.6 is 11.7 Å². The standard InChI is InChI=1S/C13H17N3OS/c1-8-6-12(17-4)9(2)5-10(8)13(14-3)11-7-15-18-16-11/h5-7,13-14H,1-4H3. The number of ether oxygens (including phenoxy) is 1. The number of nitrogens with zero attached hydrogens (tertiary/aromatic N) is 2. The molecule has 1 atom stereocenters. The summed E-state index contributed by atoms with van der Waals surface area (Å²) in [6.45, 7) is 4.13. The van der Waals surface area contributed by atoms with E-state index in [1.54, 1.807) is 7.11 Å². The highest BCUT2D eigenvalue weighted by Crippen LogP contribution is 2.29. The zero-order valence-electron chi connectivity index (χ0n) is 11.0. The molecule has 1 unspecified atom stereocenters. The van der Waals surface area contributed by atoms with Gasteiger partial charge in [0.15, 0.2) is 0 Å². The molecule has 1 aromatic carbocycles. The molecule has 1 aromatic heterocycles. The molecule has 0 aliphatic carbocycles. The molecule has 0 fully saturated rings. The molecule has 0 saturated carbocycles. The number of rotatable bonds is 4. The fourth-order valence-corrected chi connectivity index (χ4v) is 2.55. The second-order valence-corrected chi connectivity index (χ2v) is 4.79. The summed E-state index contributed by atoms with van der Waals surface area (Å²) in [6.07, 6.45) is 1.81. The maximum atomic E-state index is 5.34. The zero-order valence-corrected chi connectivity index (χ0v) is 11.8. The number of hydrogen-bond acceptors (Lipinski definition) is 5. The molecule has 4 nitrogen and oxygen atoms in total. The molecule has 0 aliphatic rings. The smallest absolute Gasteiger partial charge is 0.122 e. The molecule has 0 spiro atoms. The van der Waals surface area contributed by atoms with E-state index in [0.717, 1.165) is 17.0 Å². The molecular weight excluding hydrogens is 246 g/mol. The van der Waals surface area contributed by atoms with Crippen LogP contribution in [0.5, 0.6) is 5.75 Å². The van der Waals surface area contributed by atoms with E-state index in [0.29, 0.717) is 0 Å². The SMILES string of the molecule is CNC(c1cnsn1)c1cc(C)c(OC)cc1C. The van der Waals surface area contributed by atoms with E-state index in [1.807, 2.05) is 20.2 Å². The average Bonchev–Trinajstić information content (AvgIpc) is 2.87. The van der Waals surface area contributed by atoms with Gasteiger partial charge in [0.1, 0.15) is 5.75 Å². The summed E-state index contributed by atoms with van der Waals surface area (Å²) < 4.78 is 13.7. The van der Waals surface area contributed by atoms with Crippen molar-refractivity contribution in [2.24, 2.45) is 0 Å². The molecular formula is C13H17N3OS. The van der Waals surface area contributed by atoms with Crippen LogP contribution < -0.4 is 10.1 Å². The summed E-state index contributed by atoms with van der Waals surface area (Å²) in [6, 6.07) is 4.29. The Morgan fingerprint density at radius 2 is 2.06 bits per heavy atom. The van der Waals surface area contributed by atoms with Gasteiger partial charge in [-0.25, -0.2) is 0 Å². The van der Waals surface area contributed by atoms with Crippen molar-refractivity contribution < 1.29 is 4.74 Å². The van der Waals surface area contributed by atoms with E-state index < -0.39 is 0 Å². The van der Waals surface area contributed by atoms with Crippen LogP contribution in [0.2, 0.25) is 0 Å². The van der Waals surface area contributed by atoms with E-state index in [9.17, 15) is 0 Å². The zero-order chi connectivity index (χ0) is 13.1. The molecule has 0 amide bonds. The van der Waals surface area contributed by atoms with Crippen molar-refractivity contribution in [3.05, 3.63) is 40.7 Å². The molecule has 1 N–H and O–H groups in total. The Kier molecular flexibility index (Phi) is 3.93. The van der Waals surface area contributed by atoms with Crippen molar-refractivity contribution in [2.45, 2.75) is 19.9 Å². The van der Waals surface area contributed by atoms with Crippen molar-refractivity contribution in [3.8, 4) is 5.75 Å². The first-order valence-corrected chi connectivity index (χ1v) is 6.50. The van der Waals surface area contributed by atoms with Gasteiger partial charge in [-0.2, -0.15) is 8.75 Å². The summed E-state index contributed by atoms with van der Waals surface area (Å²) in [7, 11) is 3.63. The molecule has 0 bridgehead atoms. The summed E-state index contributed by atoms with van der Waals surface area (Å²) in [4.78, 5) is 0. The maximum absolute atomic E-state index is 5.34. The number of benzene rings is 1. The summed E-state index contributed by atoms with van der Waals surface area (Å²) >= 11 is 1.23. The lowest BCUT2D eigenvalue weighted by atomic mass is 9.96. The second kappa shape index (κ2) is 5.46. The minimum atomic E-state index is 0.0772. The molecule has 18 heavy (non-hydrogen) atoms. The third-order valence-corrected chi connectivity index (χ3v) is 3.55. The quantitative estimate of drug-likeness (QED) is 0.920. The summed E-state index contributed by atoms with van der Waals surface area (Å²) in [5, 5.41) is 3.29. The maximum Gasteiger partial charge on any atom is 0.122 e. The first-order chi connectivity index (χ1) is 8.67. The number of nitrogens with one attached hydrogen (secondary N) is 1. The fraction of sp³-hybridized carbons (Fsp3) is 0.385. The van der Waals surface area contributed by atoms with E-state index in [1.165, 1.54) is 22.9 Å². The number of aryl methyl sites for hydroxylation is 2. The lowest BCUT2D eigenvalue weighted by molar-refractivity contribution is 0.411. The fourth-order valence-electron chi connectivity index (χ4n) is 2.10. The van der Waals surface area contributed by atoms with Gasteiger partial charge in [-0.15, -0.1) is 0 Å². The molecule has 2 rings (SSSR count). The Morgan fingerprint density at radius 3 is 2.61 bits per heavy atom. The highest BCUT2D eigenvalue weighted by atomic mass is 32.1. The topological polar surface area (TPSA) is 47.0 Å². The van der Waals surface area contributed by atoms with Gasteiger partial charge in [-0.05, 0) is 43.7 Å². The van der Waals surface area contributed by atoms with Gasteiger partial charge in [0.2, 0.25) is 0 Å². The van der Waals surface area contributed by atoms with Gasteiger partial charge in [0.25, 0.3) is 0 Å². The average molecular weight is 263 g/mol. The highest BCUT2D eigenvalue weighted by molar-refractivity contribution is 6.99. The number of aromatic nitrogens is 2. The van der Waals surface area contributed by atoms with Crippen molar-refractivity contribution in [1.29, 1.82) is 0 Å². The van der Waals surface area contributed by atoms with Crippen LogP contribution in [0, 0.1) is 13.8 Å². The van der Waals surface area contributed by atoms with Crippen molar-refractivity contribution in [3.63, 3.8) is 0 Å². The van der Waals surface area contributed by atoms with Gasteiger partial charge in [-0.1, -0.05) is 6.07 Å². The lowest BCUT2D eigenvalue weighted by Crippen LogP contribution is -2.19. The van der Waals surface area contributed by atoms with E-state index >= 15 is 0 Å². The van der Waals surface area contributed by atoms with Crippen molar-refractivity contribution in [2.75, 3.05) is 14.2 Å². The summed E-state index contributed by atoms with van der Waals surface area (Å²) in [5.41, 5.74) is 4.48. The second-order valence-electron chi connectivity index (χ2n) is 4.23. The Balaban J connectivity index is 2.46. The lowest BCUT2D eigenvalue weighted by Gasteiger charge is -2.18. The van der Waals surface area contributed by atoms with Crippen LogP contribution in [0.4, 0.5) is 0 Å². The number of methoxy groups -OCH3 is 1. The highest BCUT2D eigenvalue weighted by Gasteiger charge is 2.18. The predicted molar refractivity (Wildman–Crippen MR) is 73.3 cm³/mol. The minimum absolute atomic E-state index is 0.0772. The van der Waals surface area contributed by atoms with Gasteiger partial charge >= 0.3 is 0 Å². The molecule has 1 heterocycles. The Morgan fingerprint density at radius 1 is 1.28 bits per heavy atom. The Labute approximate surface area is 111 Å². The van der Waals surface area contributed by atoms with E-state index in [4.69, 9.17) is 4.74 Å². The van der Waals surface area contributed by atoms with Crippen LogP contribution in [-0.4, -0.2) is 22.9 Å². The molecule has 2 aromatic rings. The minimum Gasteiger partial charge on any atom is -0.496 e. The largest absolute Gasteiger partial charge is 0.496 e. The first-order valence-electron chi connectivity index (χ1n) is 5.77. The van der Waals surface area contributed by atoms with Crippen LogP contribution in [0.3, 0.4) is 0 Å². The molecule has 0 aliphatic heterocycles. The molecule has 0 radical (unpaired) electrons. The Hall–Kier alpha value is -1.46. The molecule has 0 saturated heterocycles. The van der Waals surface area contributed by atoms with Gasteiger partial charge < -0.3 is 10.1 Å². The van der Waals surface area contributed by atoms with Crippen molar-refractivity contribution in [1.82, 2.24) is 14.1 Å². The van der Waals surface area contributed by atoms with Crippen LogP contribution in [0.1, 0.15) is 28.4 Å². The Bertz CT molecular complexity index is 525. The first kappa shape index (κ1) is 13.0. The van der Waals surface area contributed by atoms with Gasteiger partial charge in [0, 0.05) is 0 Å².